The van der Waals surface area contributed by atoms with Gasteiger partial charge in [0, 0.05) is 28.8 Å². The minimum atomic E-state index is 0. The Morgan fingerprint density at radius 2 is 2.09 bits per heavy atom. The Kier molecular flexibility index (Phi) is 6.21. The van der Waals surface area contributed by atoms with Crippen LogP contribution in [0.15, 0.2) is 41.1 Å². The number of hydrogen-bond donors (Lipinski definition) is 2. The van der Waals surface area contributed by atoms with Gasteiger partial charge in [-0.25, -0.2) is 4.98 Å². The molecule has 1 heterocycles. The van der Waals surface area contributed by atoms with Gasteiger partial charge in [0.05, 0.1) is 6.54 Å². The number of amides is 1. The van der Waals surface area contributed by atoms with Crippen LogP contribution in [-0.4, -0.2) is 21.5 Å². The second-order valence-corrected chi connectivity index (χ2v) is 6.68. The SMILES string of the molecule is Cl.NC1CCC(C(=O)Nc2nccn2Cc2ccc(Br)cc2)C1. The summed E-state index contributed by atoms with van der Waals surface area (Å²) in [5, 5.41) is 2.93. The molecular weight excluding hydrogens is 380 g/mol. The monoisotopic (exact) mass is 398 g/mol. The predicted octanol–water partition coefficient (Wildman–Crippen LogP) is 3.18. The van der Waals surface area contributed by atoms with E-state index in [1.165, 1.54) is 0 Å². The summed E-state index contributed by atoms with van der Waals surface area (Å²) in [6.45, 7) is 0.674. The van der Waals surface area contributed by atoms with Gasteiger partial charge in [-0.15, -0.1) is 12.4 Å². The van der Waals surface area contributed by atoms with Crippen molar-refractivity contribution in [3.63, 3.8) is 0 Å². The molecule has 23 heavy (non-hydrogen) atoms. The Labute approximate surface area is 150 Å². The van der Waals surface area contributed by atoms with Gasteiger partial charge in [0.15, 0.2) is 0 Å². The summed E-state index contributed by atoms with van der Waals surface area (Å²) in [6.07, 6.45) is 6.12. The van der Waals surface area contributed by atoms with E-state index in [0.29, 0.717) is 12.5 Å². The van der Waals surface area contributed by atoms with Crippen molar-refractivity contribution in [2.24, 2.45) is 11.7 Å². The average Bonchev–Trinajstić information content (AvgIpc) is 3.11. The standard InChI is InChI=1S/C16H19BrN4O.ClH/c17-13-4-1-11(2-5-13)10-21-8-7-19-16(21)20-15(22)12-3-6-14(18)9-12;/h1-2,4-5,7-8,12,14H,3,6,9-10,18H2,(H,19,20,22);1H. The second-order valence-electron chi connectivity index (χ2n) is 5.76. The Balaban J connectivity index is 0.00000192. The number of rotatable bonds is 4. The number of benzene rings is 1. The number of aromatic nitrogens is 2. The van der Waals surface area contributed by atoms with Crippen LogP contribution >= 0.6 is 28.3 Å². The molecule has 2 unspecified atom stereocenters. The topological polar surface area (TPSA) is 72.9 Å². The molecule has 0 radical (unpaired) electrons. The molecule has 0 spiro atoms. The number of nitrogens with one attached hydrogen (secondary N) is 1. The molecule has 1 saturated carbocycles. The smallest absolute Gasteiger partial charge is 0.229 e. The summed E-state index contributed by atoms with van der Waals surface area (Å²) in [7, 11) is 0. The average molecular weight is 400 g/mol. The van der Waals surface area contributed by atoms with Crippen LogP contribution in [0.5, 0.6) is 0 Å². The fourth-order valence-electron chi connectivity index (χ4n) is 2.81. The number of hydrogen-bond acceptors (Lipinski definition) is 3. The molecule has 1 aliphatic rings. The van der Waals surface area contributed by atoms with Crippen LogP contribution < -0.4 is 11.1 Å². The Morgan fingerprint density at radius 1 is 1.35 bits per heavy atom. The lowest BCUT2D eigenvalue weighted by molar-refractivity contribution is -0.119. The predicted molar refractivity (Wildman–Crippen MR) is 96.7 cm³/mol. The van der Waals surface area contributed by atoms with Crippen LogP contribution in [0.2, 0.25) is 0 Å². The molecule has 1 amide bonds. The summed E-state index contributed by atoms with van der Waals surface area (Å²) in [6, 6.07) is 8.25. The fourth-order valence-corrected chi connectivity index (χ4v) is 3.08. The van der Waals surface area contributed by atoms with Crippen molar-refractivity contribution < 1.29 is 4.79 Å². The Morgan fingerprint density at radius 3 is 2.74 bits per heavy atom. The van der Waals surface area contributed by atoms with E-state index < -0.39 is 0 Å². The number of carbonyl (C=O) groups is 1. The number of nitrogens with zero attached hydrogens (tertiary/aromatic N) is 2. The van der Waals surface area contributed by atoms with E-state index in [0.717, 1.165) is 29.3 Å². The van der Waals surface area contributed by atoms with E-state index in [1.54, 1.807) is 6.20 Å². The highest BCUT2D eigenvalue weighted by molar-refractivity contribution is 9.10. The van der Waals surface area contributed by atoms with Gasteiger partial charge in [-0.3, -0.25) is 10.1 Å². The molecule has 1 fully saturated rings. The zero-order chi connectivity index (χ0) is 15.5. The van der Waals surface area contributed by atoms with E-state index in [1.807, 2.05) is 35.0 Å². The Hall–Kier alpha value is -1.37. The van der Waals surface area contributed by atoms with Gasteiger partial charge in [-0.1, -0.05) is 28.1 Å². The molecule has 1 aliphatic carbocycles. The summed E-state index contributed by atoms with van der Waals surface area (Å²) in [4.78, 5) is 16.5. The maximum absolute atomic E-state index is 12.3. The van der Waals surface area contributed by atoms with Gasteiger partial charge in [0.2, 0.25) is 11.9 Å². The molecule has 3 N–H and O–H groups in total. The minimum Gasteiger partial charge on any atom is -0.328 e. The molecule has 124 valence electrons. The number of carbonyl (C=O) groups excluding carboxylic acids is 1. The largest absolute Gasteiger partial charge is 0.328 e. The molecule has 2 aromatic rings. The minimum absolute atomic E-state index is 0. The zero-order valence-corrected chi connectivity index (χ0v) is 15.0. The highest BCUT2D eigenvalue weighted by Crippen LogP contribution is 2.25. The maximum atomic E-state index is 12.3. The van der Waals surface area contributed by atoms with Gasteiger partial charge < -0.3 is 10.3 Å². The molecule has 0 bridgehead atoms. The van der Waals surface area contributed by atoms with Crippen molar-refractivity contribution in [3.05, 3.63) is 46.7 Å². The van der Waals surface area contributed by atoms with Gasteiger partial charge in [0.1, 0.15) is 0 Å². The molecule has 2 atom stereocenters. The van der Waals surface area contributed by atoms with Gasteiger partial charge in [0.25, 0.3) is 0 Å². The number of anilines is 1. The van der Waals surface area contributed by atoms with Crippen LogP contribution in [0, 0.1) is 5.92 Å². The first kappa shape index (κ1) is 18.0. The normalized spacial score (nSPS) is 20.1. The third-order valence-electron chi connectivity index (χ3n) is 4.06. The summed E-state index contributed by atoms with van der Waals surface area (Å²) >= 11 is 3.43. The van der Waals surface area contributed by atoms with Gasteiger partial charge in [-0.2, -0.15) is 0 Å². The van der Waals surface area contributed by atoms with Crippen molar-refractivity contribution in [1.82, 2.24) is 9.55 Å². The first-order valence-corrected chi connectivity index (χ1v) is 8.23. The van der Waals surface area contributed by atoms with Crippen molar-refractivity contribution in [2.45, 2.75) is 31.8 Å². The van der Waals surface area contributed by atoms with E-state index >= 15 is 0 Å². The van der Waals surface area contributed by atoms with E-state index in [9.17, 15) is 4.79 Å². The molecule has 3 rings (SSSR count). The van der Waals surface area contributed by atoms with Crippen molar-refractivity contribution in [3.8, 4) is 0 Å². The van der Waals surface area contributed by atoms with Crippen LogP contribution in [0.25, 0.3) is 0 Å². The summed E-state index contributed by atoms with van der Waals surface area (Å²) in [5.41, 5.74) is 7.03. The van der Waals surface area contributed by atoms with Crippen LogP contribution in [0.4, 0.5) is 5.95 Å². The number of nitrogens with two attached hydrogens (primary N) is 1. The third kappa shape index (κ3) is 4.56. The lowest BCUT2D eigenvalue weighted by Crippen LogP contribution is -2.24. The molecule has 0 aliphatic heterocycles. The summed E-state index contributed by atoms with van der Waals surface area (Å²) in [5.74, 6) is 0.623. The van der Waals surface area contributed by atoms with Gasteiger partial charge >= 0.3 is 0 Å². The molecule has 1 aromatic carbocycles. The first-order valence-electron chi connectivity index (χ1n) is 7.44. The van der Waals surface area contributed by atoms with Crippen LogP contribution in [0.3, 0.4) is 0 Å². The number of imidazole rings is 1. The third-order valence-corrected chi connectivity index (χ3v) is 4.59. The molecular formula is C16H20BrClN4O. The Bertz CT molecular complexity index is 658. The van der Waals surface area contributed by atoms with Crippen molar-refractivity contribution in [2.75, 3.05) is 5.32 Å². The highest BCUT2D eigenvalue weighted by Gasteiger charge is 2.28. The summed E-state index contributed by atoms with van der Waals surface area (Å²) < 4.78 is 2.99. The first-order chi connectivity index (χ1) is 10.6. The van der Waals surface area contributed by atoms with E-state index in [4.69, 9.17) is 5.73 Å². The van der Waals surface area contributed by atoms with Crippen molar-refractivity contribution >= 4 is 40.2 Å². The van der Waals surface area contributed by atoms with Crippen molar-refractivity contribution in [1.29, 1.82) is 0 Å². The van der Waals surface area contributed by atoms with Crippen LogP contribution in [-0.2, 0) is 11.3 Å². The molecule has 1 aromatic heterocycles. The maximum Gasteiger partial charge on any atom is 0.229 e. The fraction of sp³-hybridized carbons (Fsp3) is 0.375. The number of halogens is 2. The zero-order valence-electron chi connectivity index (χ0n) is 12.6. The second kappa shape index (κ2) is 7.95. The lowest BCUT2D eigenvalue weighted by Gasteiger charge is -2.12. The lowest BCUT2D eigenvalue weighted by atomic mass is 10.1. The quantitative estimate of drug-likeness (QED) is 0.829. The van der Waals surface area contributed by atoms with E-state index in [-0.39, 0.29) is 30.3 Å². The van der Waals surface area contributed by atoms with Crippen LogP contribution in [0.1, 0.15) is 24.8 Å². The molecule has 7 heteroatoms. The molecule has 0 saturated heterocycles. The molecule has 5 nitrogen and oxygen atoms in total. The van der Waals surface area contributed by atoms with E-state index in [2.05, 4.69) is 26.2 Å². The highest BCUT2D eigenvalue weighted by atomic mass is 79.9. The van der Waals surface area contributed by atoms with Gasteiger partial charge in [-0.05, 0) is 37.0 Å².